The molecule has 0 aromatic heterocycles. The van der Waals surface area contributed by atoms with Gasteiger partial charge in [-0.2, -0.15) is 0 Å². The second-order valence-electron chi connectivity index (χ2n) is 6.87. The first kappa shape index (κ1) is 21.6. The lowest BCUT2D eigenvalue weighted by atomic mass is 9.80. The van der Waals surface area contributed by atoms with E-state index in [0.29, 0.717) is 5.92 Å². The highest BCUT2D eigenvalue weighted by Crippen LogP contribution is 2.41. The van der Waals surface area contributed by atoms with E-state index in [0.717, 1.165) is 44.6 Å². The predicted octanol–water partition coefficient (Wildman–Crippen LogP) is 5.19. The van der Waals surface area contributed by atoms with Crippen molar-refractivity contribution < 1.29 is 17.9 Å². The standard InChI is InChI=1S/C18H24ClF3N2O.ClH/c19-15-12-14(6-7-16(15)25-18(20,21)22)17(13-4-2-1-3-5-13)24-10-8-23-9-11-24;/h6-7,12-13,17,23H,1-5,8-11H2;1H/t17-;/m0./s1. The van der Waals surface area contributed by atoms with Gasteiger partial charge in [-0.15, -0.1) is 25.6 Å². The van der Waals surface area contributed by atoms with E-state index in [1.54, 1.807) is 12.1 Å². The van der Waals surface area contributed by atoms with Crippen LogP contribution in [0.3, 0.4) is 0 Å². The topological polar surface area (TPSA) is 24.5 Å². The van der Waals surface area contributed by atoms with Crippen LogP contribution in [0.5, 0.6) is 5.75 Å². The molecule has 0 unspecified atom stereocenters. The zero-order valence-corrected chi connectivity index (χ0v) is 16.1. The maximum Gasteiger partial charge on any atom is 0.573 e. The lowest BCUT2D eigenvalue weighted by Crippen LogP contribution is -2.47. The third-order valence-electron chi connectivity index (χ3n) is 5.16. The minimum atomic E-state index is -4.73. The van der Waals surface area contributed by atoms with E-state index in [9.17, 15) is 13.2 Å². The number of alkyl halides is 3. The molecule has 0 radical (unpaired) electrons. The fourth-order valence-corrected chi connectivity index (χ4v) is 4.33. The Bertz CT molecular complexity index is 556. The van der Waals surface area contributed by atoms with Crippen molar-refractivity contribution in [3.8, 4) is 5.75 Å². The first-order valence-corrected chi connectivity index (χ1v) is 9.32. The van der Waals surface area contributed by atoms with Gasteiger partial charge >= 0.3 is 6.36 Å². The summed E-state index contributed by atoms with van der Waals surface area (Å²) in [7, 11) is 0. The van der Waals surface area contributed by atoms with E-state index in [2.05, 4.69) is 15.0 Å². The van der Waals surface area contributed by atoms with Gasteiger partial charge in [0.15, 0.2) is 0 Å². The van der Waals surface area contributed by atoms with Crippen molar-refractivity contribution in [2.45, 2.75) is 44.5 Å². The molecule has 0 amide bonds. The van der Waals surface area contributed by atoms with E-state index >= 15 is 0 Å². The summed E-state index contributed by atoms with van der Waals surface area (Å²) in [6, 6.07) is 4.96. The smallest absolute Gasteiger partial charge is 0.404 e. The number of nitrogens with one attached hydrogen (secondary N) is 1. The average Bonchev–Trinajstić information content (AvgIpc) is 2.58. The lowest BCUT2D eigenvalue weighted by molar-refractivity contribution is -0.274. The van der Waals surface area contributed by atoms with Gasteiger partial charge in [-0.1, -0.05) is 36.9 Å². The largest absolute Gasteiger partial charge is 0.573 e. The molecule has 26 heavy (non-hydrogen) atoms. The molecule has 3 rings (SSSR count). The average molecular weight is 413 g/mol. The molecule has 1 aliphatic carbocycles. The molecule has 2 fully saturated rings. The Labute approximate surface area is 163 Å². The number of hydrogen-bond acceptors (Lipinski definition) is 3. The van der Waals surface area contributed by atoms with Crippen LogP contribution < -0.4 is 10.1 Å². The highest BCUT2D eigenvalue weighted by atomic mass is 35.5. The molecule has 1 aromatic rings. The van der Waals surface area contributed by atoms with Gasteiger partial charge in [0, 0.05) is 32.2 Å². The summed E-state index contributed by atoms with van der Waals surface area (Å²) in [6.07, 6.45) is 1.29. The van der Waals surface area contributed by atoms with Crippen LogP contribution in [-0.4, -0.2) is 37.4 Å². The molecule has 1 aliphatic heterocycles. The lowest BCUT2D eigenvalue weighted by Gasteiger charge is -2.41. The highest BCUT2D eigenvalue weighted by Gasteiger charge is 2.34. The molecule has 1 atom stereocenters. The first-order valence-electron chi connectivity index (χ1n) is 8.94. The molecule has 0 bridgehead atoms. The van der Waals surface area contributed by atoms with E-state index in [-0.39, 0.29) is 29.2 Å². The van der Waals surface area contributed by atoms with E-state index < -0.39 is 6.36 Å². The molecule has 1 saturated carbocycles. The summed E-state index contributed by atoms with van der Waals surface area (Å²) < 4.78 is 41.4. The van der Waals surface area contributed by atoms with Crippen molar-refractivity contribution in [1.82, 2.24) is 10.2 Å². The van der Waals surface area contributed by atoms with Gasteiger partial charge in [-0.25, -0.2) is 0 Å². The van der Waals surface area contributed by atoms with E-state index in [1.165, 1.54) is 25.3 Å². The molecule has 1 heterocycles. The summed E-state index contributed by atoms with van der Waals surface area (Å²) in [5, 5.41) is 3.38. The fraction of sp³-hybridized carbons (Fsp3) is 0.667. The minimum Gasteiger partial charge on any atom is -0.404 e. The number of ether oxygens (including phenoxy) is 1. The first-order chi connectivity index (χ1) is 11.9. The van der Waals surface area contributed by atoms with Gasteiger partial charge in [0.25, 0.3) is 0 Å². The molecule has 2 aliphatic rings. The molecule has 1 N–H and O–H groups in total. The Kier molecular flexibility index (Phi) is 7.89. The summed E-state index contributed by atoms with van der Waals surface area (Å²) in [4.78, 5) is 2.45. The van der Waals surface area contributed by atoms with Crippen molar-refractivity contribution in [1.29, 1.82) is 0 Å². The van der Waals surface area contributed by atoms with Crippen LogP contribution in [0.2, 0.25) is 5.02 Å². The fourth-order valence-electron chi connectivity index (χ4n) is 4.10. The molecule has 8 heteroatoms. The Balaban J connectivity index is 0.00000243. The number of rotatable bonds is 4. The second kappa shape index (κ2) is 9.49. The molecule has 148 valence electrons. The van der Waals surface area contributed by atoms with Gasteiger partial charge in [0.05, 0.1) is 5.02 Å². The number of benzene rings is 1. The van der Waals surface area contributed by atoms with Crippen molar-refractivity contribution in [2.24, 2.45) is 5.92 Å². The van der Waals surface area contributed by atoms with Gasteiger partial charge in [0.2, 0.25) is 0 Å². The monoisotopic (exact) mass is 412 g/mol. The SMILES string of the molecule is Cl.FC(F)(F)Oc1ccc([C@H](C2CCCCC2)N2CCNCC2)cc1Cl. The quantitative estimate of drug-likeness (QED) is 0.736. The summed E-state index contributed by atoms with van der Waals surface area (Å²) >= 11 is 6.10. The minimum absolute atomic E-state index is 0. The van der Waals surface area contributed by atoms with Crippen LogP contribution in [0.15, 0.2) is 18.2 Å². The molecule has 1 aromatic carbocycles. The summed E-state index contributed by atoms with van der Waals surface area (Å²) in [6.45, 7) is 3.76. The Morgan fingerprint density at radius 2 is 1.77 bits per heavy atom. The number of nitrogens with zero attached hydrogens (tertiary/aromatic N) is 1. The van der Waals surface area contributed by atoms with Crippen molar-refractivity contribution in [2.75, 3.05) is 26.2 Å². The maximum atomic E-state index is 12.5. The third-order valence-corrected chi connectivity index (χ3v) is 5.46. The Morgan fingerprint density at radius 3 is 2.35 bits per heavy atom. The molecule has 0 spiro atoms. The predicted molar refractivity (Wildman–Crippen MR) is 99.1 cm³/mol. The molecular formula is C18H25Cl2F3N2O. The van der Waals surface area contributed by atoms with Crippen molar-refractivity contribution in [3.05, 3.63) is 28.8 Å². The molecular weight excluding hydrogens is 388 g/mol. The van der Waals surface area contributed by atoms with Gasteiger partial charge in [0.1, 0.15) is 5.75 Å². The van der Waals surface area contributed by atoms with E-state index in [1.807, 2.05) is 0 Å². The number of piperazine rings is 1. The van der Waals surface area contributed by atoms with Crippen LogP contribution in [0.1, 0.15) is 43.7 Å². The maximum absolute atomic E-state index is 12.5. The number of hydrogen-bond donors (Lipinski definition) is 1. The normalized spacial score (nSPS) is 21.1. The summed E-state index contributed by atoms with van der Waals surface area (Å²) in [5.74, 6) is 0.193. The van der Waals surface area contributed by atoms with Crippen LogP contribution in [0.4, 0.5) is 13.2 Å². The Morgan fingerprint density at radius 1 is 1.12 bits per heavy atom. The zero-order chi connectivity index (χ0) is 17.9. The van der Waals surface area contributed by atoms with Gasteiger partial charge in [-0.05, 0) is 36.5 Å². The highest BCUT2D eigenvalue weighted by molar-refractivity contribution is 6.32. The number of halogens is 5. The van der Waals surface area contributed by atoms with Crippen LogP contribution in [-0.2, 0) is 0 Å². The third kappa shape index (κ3) is 5.65. The van der Waals surface area contributed by atoms with Gasteiger partial charge < -0.3 is 10.1 Å². The van der Waals surface area contributed by atoms with Crippen LogP contribution in [0.25, 0.3) is 0 Å². The second-order valence-corrected chi connectivity index (χ2v) is 7.27. The van der Waals surface area contributed by atoms with Crippen molar-refractivity contribution >= 4 is 24.0 Å². The molecule has 3 nitrogen and oxygen atoms in total. The Hall–Kier alpha value is -0.690. The molecule has 1 saturated heterocycles. The summed E-state index contributed by atoms with van der Waals surface area (Å²) in [5.41, 5.74) is 0.994. The van der Waals surface area contributed by atoms with E-state index in [4.69, 9.17) is 11.6 Å². The van der Waals surface area contributed by atoms with Crippen molar-refractivity contribution in [3.63, 3.8) is 0 Å². The van der Waals surface area contributed by atoms with Gasteiger partial charge in [-0.3, -0.25) is 4.90 Å². The van der Waals surface area contributed by atoms with Crippen LogP contribution in [0, 0.1) is 5.92 Å². The van der Waals surface area contributed by atoms with Crippen LogP contribution >= 0.6 is 24.0 Å². The zero-order valence-electron chi connectivity index (χ0n) is 14.5.